The first-order valence-electron chi connectivity index (χ1n) is 5.32. The molecule has 0 aliphatic rings. The molecule has 2 rings (SSSR count). The quantitative estimate of drug-likeness (QED) is 0.506. The Hall–Kier alpha value is -0.510. The molecule has 0 atom stereocenters. The monoisotopic (exact) mass is 486 g/mol. The van der Waals surface area contributed by atoms with Crippen LogP contribution in [0.5, 0.6) is 0 Å². The van der Waals surface area contributed by atoms with Crippen LogP contribution < -0.4 is 10.5 Å². The molecule has 2 aromatic rings. The van der Waals surface area contributed by atoms with E-state index in [1.54, 1.807) is 24.3 Å². The fraction of sp³-hybridized carbons (Fsp3) is 0. The van der Waals surface area contributed by atoms with Crippen molar-refractivity contribution in [3.05, 3.63) is 49.5 Å². The maximum atomic E-state index is 12.4. The van der Waals surface area contributed by atoms with Crippen molar-refractivity contribution >= 4 is 71.5 Å². The van der Waals surface area contributed by atoms with E-state index in [2.05, 4.69) is 43.2 Å². The lowest BCUT2D eigenvalue weighted by atomic mass is 10.3. The third kappa shape index (κ3) is 3.57. The Bertz CT molecular complexity index is 751. The molecule has 0 amide bonds. The summed E-state index contributed by atoms with van der Waals surface area (Å²) in [5.41, 5.74) is 6.44. The van der Waals surface area contributed by atoms with Crippen LogP contribution in [0.2, 0.25) is 5.02 Å². The van der Waals surface area contributed by atoms with Gasteiger partial charge in [0.05, 0.1) is 4.47 Å². The molecule has 106 valence electrons. The summed E-state index contributed by atoms with van der Waals surface area (Å²) in [6.07, 6.45) is 0. The minimum Gasteiger partial charge on any atom is -0.398 e. The Labute approximate surface area is 144 Å². The lowest BCUT2D eigenvalue weighted by Crippen LogP contribution is -2.14. The summed E-state index contributed by atoms with van der Waals surface area (Å²) >= 11 is 11.2. The lowest BCUT2D eigenvalue weighted by Gasteiger charge is -2.11. The number of nitrogen functional groups attached to an aromatic ring is 1. The minimum absolute atomic E-state index is 0.000972. The van der Waals surface area contributed by atoms with Crippen molar-refractivity contribution < 1.29 is 8.42 Å². The molecule has 0 bridgehead atoms. The van der Waals surface area contributed by atoms with Crippen molar-refractivity contribution in [1.29, 1.82) is 0 Å². The first kappa shape index (κ1) is 15.9. The Kier molecular flexibility index (Phi) is 4.83. The van der Waals surface area contributed by atoms with Crippen LogP contribution in [0, 0.1) is 3.57 Å². The summed E-state index contributed by atoms with van der Waals surface area (Å²) < 4.78 is 28.5. The van der Waals surface area contributed by atoms with Crippen molar-refractivity contribution in [2.45, 2.75) is 4.90 Å². The minimum atomic E-state index is -3.77. The summed E-state index contributed by atoms with van der Waals surface area (Å²) in [6.45, 7) is 0. The number of nitrogens with one attached hydrogen (secondary N) is 1. The fourth-order valence-electron chi connectivity index (χ4n) is 1.51. The summed E-state index contributed by atoms with van der Waals surface area (Å²) in [7, 11) is -3.77. The van der Waals surface area contributed by atoms with E-state index in [9.17, 15) is 8.42 Å². The molecular formula is C12H9BrClIN2O2S. The number of hydrogen-bond donors (Lipinski definition) is 2. The predicted molar refractivity (Wildman–Crippen MR) is 93.5 cm³/mol. The van der Waals surface area contributed by atoms with Gasteiger partial charge < -0.3 is 5.73 Å². The van der Waals surface area contributed by atoms with Crippen molar-refractivity contribution in [3.8, 4) is 0 Å². The highest BCUT2D eigenvalue weighted by atomic mass is 127. The fourth-order valence-corrected chi connectivity index (χ4v) is 4.22. The topological polar surface area (TPSA) is 72.2 Å². The van der Waals surface area contributed by atoms with Gasteiger partial charge in [-0.2, -0.15) is 0 Å². The van der Waals surface area contributed by atoms with E-state index in [4.69, 9.17) is 17.3 Å². The Morgan fingerprint density at radius 1 is 1.20 bits per heavy atom. The zero-order valence-electron chi connectivity index (χ0n) is 9.90. The van der Waals surface area contributed by atoms with Crippen LogP contribution in [0.15, 0.2) is 45.8 Å². The van der Waals surface area contributed by atoms with Crippen molar-refractivity contribution in [2.24, 2.45) is 0 Å². The van der Waals surface area contributed by atoms with E-state index < -0.39 is 10.0 Å². The standard InChI is InChI=1S/C12H9BrClIN2O2S/c13-12-10(16)5-7(14)6-11(12)20(18,19)17-9-3-1-8(15)2-4-9/h1-6,17H,16H2. The van der Waals surface area contributed by atoms with E-state index in [-0.39, 0.29) is 15.6 Å². The Morgan fingerprint density at radius 2 is 1.80 bits per heavy atom. The van der Waals surface area contributed by atoms with Gasteiger partial charge in [-0.25, -0.2) is 8.42 Å². The molecule has 0 aliphatic heterocycles. The molecule has 20 heavy (non-hydrogen) atoms. The van der Waals surface area contributed by atoms with Gasteiger partial charge in [0, 0.05) is 20.0 Å². The summed E-state index contributed by atoms with van der Waals surface area (Å²) in [5.74, 6) is 0. The van der Waals surface area contributed by atoms with Gasteiger partial charge in [0.2, 0.25) is 0 Å². The molecule has 0 saturated heterocycles. The Balaban J connectivity index is 2.43. The second-order valence-electron chi connectivity index (χ2n) is 3.92. The van der Waals surface area contributed by atoms with E-state index >= 15 is 0 Å². The third-order valence-electron chi connectivity index (χ3n) is 2.42. The lowest BCUT2D eigenvalue weighted by molar-refractivity contribution is 0.601. The van der Waals surface area contributed by atoms with E-state index in [1.807, 2.05) is 0 Å². The Morgan fingerprint density at radius 3 is 2.40 bits per heavy atom. The normalized spacial score (nSPS) is 11.3. The molecule has 0 spiro atoms. The second kappa shape index (κ2) is 6.08. The van der Waals surface area contributed by atoms with Gasteiger partial charge in [-0.15, -0.1) is 0 Å². The average molecular weight is 488 g/mol. The van der Waals surface area contributed by atoms with E-state index in [0.717, 1.165) is 3.57 Å². The molecule has 4 nitrogen and oxygen atoms in total. The third-order valence-corrected chi connectivity index (χ3v) is 5.91. The van der Waals surface area contributed by atoms with Gasteiger partial charge in [-0.3, -0.25) is 4.72 Å². The number of anilines is 2. The molecule has 8 heteroatoms. The van der Waals surface area contributed by atoms with Gasteiger partial charge in [0.25, 0.3) is 10.0 Å². The van der Waals surface area contributed by atoms with Gasteiger partial charge in [-0.05, 0) is 74.9 Å². The summed E-state index contributed by atoms with van der Waals surface area (Å²) in [4.78, 5) is 0.000972. The molecule has 0 radical (unpaired) electrons. The van der Waals surface area contributed by atoms with Crippen molar-refractivity contribution in [3.63, 3.8) is 0 Å². The highest BCUT2D eigenvalue weighted by Gasteiger charge is 2.20. The molecular weight excluding hydrogens is 478 g/mol. The molecule has 0 aliphatic carbocycles. The predicted octanol–water partition coefficient (Wildman–Crippen LogP) is 4.09. The summed E-state index contributed by atoms with van der Waals surface area (Å²) in [5, 5.41) is 0.258. The number of benzene rings is 2. The van der Waals surface area contributed by atoms with Crippen molar-refractivity contribution in [1.82, 2.24) is 0 Å². The highest BCUT2D eigenvalue weighted by Crippen LogP contribution is 2.32. The van der Waals surface area contributed by atoms with Crippen LogP contribution >= 0.6 is 50.1 Å². The highest BCUT2D eigenvalue weighted by molar-refractivity contribution is 14.1. The van der Waals surface area contributed by atoms with Crippen molar-refractivity contribution in [2.75, 3.05) is 10.5 Å². The van der Waals surface area contributed by atoms with Crippen LogP contribution in [0.1, 0.15) is 0 Å². The number of rotatable bonds is 3. The zero-order valence-corrected chi connectivity index (χ0v) is 15.2. The number of hydrogen-bond acceptors (Lipinski definition) is 3. The van der Waals surface area contributed by atoms with Crippen LogP contribution in [0.3, 0.4) is 0 Å². The first-order chi connectivity index (χ1) is 9.29. The van der Waals surface area contributed by atoms with Crippen LogP contribution in [0.25, 0.3) is 0 Å². The van der Waals surface area contributed by atoms with Gasteiger partial charge in [0.1, 0.15) is 4.90 Å². The summed E-state index contributed by atoms with van der Waals surface area (Å²) in [6, 6.07) is 9.80. The molecule has 0 unspecified atom stereocenters. The smallest absolute Gasteiger partial charge is 0.263 e. The maximum Gasteiger partial charge on any atom is 0.263 e. The average Bonchev–Trinajstić information content (AvgIpc) is 2.36. The molecule has 0 aromatic heterocycles. The first-order valence-corrected chi connectivity index (χ1v) is 9.06. The van der Waals surface area contributed by atoms with Gasteiger partial charge in [0.15, 0.2) is 0 Å². The zero-order chi connectivity index (χ0) is 14.9. The second-order valence-corrected chi connectivity index (χ2v) is 8.05. The molecule has 0 heterocycles. The van der Waals surface area contributed by atoms with Crippen LogP contribution in [-0.4, -0.2) is 8.42 Å². The SMILES string of the molecule is Nc1cc(Cl)cc(S(=O)(=O)Nc2ccc(I)cc2)c1Br. The maximum absolute atomic E-state index is 12.4. The molecule has 3 N–H and O–H groups in total. The molecule has 0 fully saturated rings. The van der Waals surface area contributed by atoms with E-state index in [0.29, 0.717) is 10.2 Å². The van der Waals surface area contributed by atoms with Gasteiger partial charge in [-0.1, -0.05) is 11.6 Å². The van der Waals surface area contributed by atoms with Gasteiger partial charge >= 0.3 is 0 Å². The number of halogens is 3. The molecule has 0 saturated carbocycles. The number of nitrogens with two attached hydrogens (primary N) is 1. The largest absolute Gasteiger partial charge is 0.398 e. The number of sulfonamides is 1. The van der Waals surface area contributed by atoms with Crippen LogP contribution in [-0.2, 0) is 10.0 Å². The molecule has 2 aromatic carbocycles. The van der Waals surface area contributed by atoms with Crippen LogP contribution in [0.4, 0.5) is 11.4 Å². The van der Waals surface area contributed by atoms with E-state index in [1.165, 1.54) is 12.1 Å².